The van der Waals surface area contributed by atoms with E-state index in [-0.39, 0.29) is 18.4 Å². The smallest absolute Gasteiger partial charge is 0.303 e. The molecule has 3 atom stereocenters. The van der Waals surface area contributed by atoms with E-state index < -0.39 is 5.97 Å². The predicted octanol–water partition coefficient (Wildman–Crippen LogP) is 1.79. The molecule has 0 aromatic rings. The number of carboxylic acid groups (broad SMARTS) is 1. The summed E-state index contributed by atoms with van der Waals surface area (Å²) in [6, 6.07) is 0.285. The highest BCUT2D eigenvalue weighted by Gasteiger charge is 2.30. The SMILES string of the molecule is CC1CCC(NC(=O)CCCC(=O)O)C1C. The van der Waals surface area contributed by atoms with Crippen LogP contribution in [-0.2, 0) is 9.59 Å². The first-order chi connectivity index (χ1) is 7.50. The van der Waals surface area contributed by atoms with E-state index in [1.807, 2.05) is 0 Å². The van der Waals surface area contributed by atoms with Gasteiger partial charge in [-0.05, 0) is 31.1 Å². The van der Waals surface area contributed by atoms with Crippen molar-refractivity contribution in [3.05, 3.63) is 0 Å². The van der Waals surface area contributed by atoms with Crippen LogP contribution in [0.3, 0.4) is 0 Å². The molecule has 1 aliphatic carbocycles. The van der Waals surface area contributed by atoms with Crippen LogP contribution in [0.1, 0.15) is 46.0 Å². The molecule has 0 aromatic carbocycles. The molecule has 1 aliphatic rings. The van der Waals surface area contributed by atoms with Gasteiger partial charge in [-0.1, -0.05) is 13.8 Å². The Morgan fingerprint density at radius 3 is 2.44 bits per heavy atom. The van der Waals surface area contributed by atoms with E-state index in [1.54, 1.807) is 0 Å². The van der Waals surface area contributed by atoms with E-state index in [9.17, 15) is 9.59 Å². The molecule has 0 bridgehead atoms. The van der Waals surface area contributed by atoms with Crippen LogP contribution in [0, 0.1) is 11.8 Å². The van der Waals surface area contributed by atoms with Gasteiger partial charge in [0.05, 0.1) is 0 Å². The molecular formula is C12H21NO3. The number of carbonyl (C=O) groups is 2. The third-order valence-electron chi connectivity index (χ3n) is 3.61. The first kappa shape index (κ1) is 13.0. The largest absolute Gasteiger partial charge is 0.481 e. The van der Waals surface area contributed by atoms with Gasteiger partial charge < -0.3 is 10.4 Å². The molecule has 1 fully saturated rings. The lowest BCUT2D eigenvalue weighted by Gasteiger charge is -2.19. The first-order valence-corrected chi connectivity index (χ1v) is 6.02. The maximum Gasteiger partial charge on any atom is 0.303 e. The van der Waals surface area contributed by atoms with E-state index in [4.69, 9.17) is 5.11 Å². The molecule has 0 heterocycles. The Hall–Kier alpha value is -1.06. The van der Waals surface area contributed by atoms with Crippen LogP contribution < -0.4 is 5.32 Å². The van der Waals surface area contributed by atoms with Gasteiger partial charge in [-0.2, -0.15) is 0 Å². The Balaban J connectivity index is 2.21. The molecule has 0 spiro atoms. The van der Waals surface area contributed by atoms with Crippen LogP contribution in [0.25, 0.3) is 0 Å². The van der Waals surface area contributed by atoms with Crippen LogP contribution in [0.15, 0.2) is 0 Å². The molecule has 2 N–H and O–H groups in total. The third kappa shape index (κ3) is 3.83. The number of nitrogens with one attached hydrogen (secondary N) is 1. The first-order valence-electron chi connectivity index (χ1n) is 6.02. The third-order valence-corrected chi connectivity index (χ3v) is 3.61. The number of rotatable bonds is 5. The highest BCUT2D eigenvalue weighted by atomic mass is 16.4. The van der Waals surface area contributed by atoms with Crippen molar-refractivity contribution in [1.29, 1.82) is 0 Å². The van der Waals surface area contributed by atoms with E-state index in [0.29, 0.717) is 24.7 Å². The Morgan fingerprint density at radius 1 is 1.25 bits per heavy atom. The lowest BCUT2D eigenvalue weighted by molar-refractivity contribution is -0.137. The lowest BCUT2D eigenvalue weighted by Crippen LogP contribution is -2.37. The second kappa shape index (κ2) is 5.87. The van der Waals surface area contributed by atoms with E-state index in [1.165, 1.54) is 6.42 Å². The Kier molecular flexibility index (Phi) is 4.77. The van der Waals surface area contributed by atoms with Crippen molar-refractivity contribution in [2.24, 2.45) is 11.8 Å². The number of carboxylic acids is 1. The van der Waals surface area contributed by atoms with Crippen LogP contribution in [0.2, 0.25) is 0 Å². The molecule has 0 radical (unpaired) electrons. The minimum atomic E-state index is -0.837. The van der Waals surface area contributed by atoms with E-state index in [0.717, 1.165) is 6.42 Å². The summed E-state index contributed by atoms with van der Waals surface area (Å²) in [5, 5.41) is 11.5. The minimum Gasteiger partial charge on any atom is -0.481 e. The summed E-state index contributed by atoms with van der Waals surface area (Å²) in [4.78, 5) is 21.8. The van der Waals surface area contributed by atoms with E-state index in [2.05, 4.69) is 19.2 Å². The van der Waals surface area contributed by atoms with Gasteiger partial charge in [0, 0.05) is 18.9 Å². The summed E-state index contributed by atoms with van der Waals surface area (Å²) in [5.74, 6) is 0.357. The quantitative estimate of drug-likeness (QED) is 0.752. The van der Waals surface area contributed by atoms with E-state index >= 15 is 0 Å². The number of hydrogen-bond acceptors (Lipinski definition) is 2. The van der Waals surface area contributed by atoms with Gasteiger partial charge in [0.15, 0.2) is 0 Å². The Labute approximate surface area is 96.4 Å². The molecule has 16 heavy (non-hydrogen) atoms. The van der Waals surface area contributed by atoms with Crippen molar-refractivity contribution in [2.75, 3.05) is 0 Å². The zero-order chi connectivity index (χ0) is 12.1. The van der Waals surface area contributed by atoms with Crippen molar-refractivity contribution in [3.8, 4) is 0 Å². The normalized spacial score (nSPS) is 29.0. The van der Waals surface area contributed by atoms with Crippen molar-refractivity contribution in [2.45, 2.75) is 52.0 Å². The van der Waals surface area contributed by atoms with Crippen LogP contribution in [0.5, 0.6) is 0 Å². The molecule has 1 amide bonds. The highest BCUT2D eigenvalue weighted by molar-refractivity contribution is 5.77. The fourth-order valence-electron chi connectivity index (χ4n) is 2.25. The summed E-state index contributed by atoms with van der Waals surface area (Å²) in [6.07, 6.45) is 3.04. The summed E-state index contributed by atoms with van der Waals surface area (Å²) in [6.45, 7) is 4.38. The van der Waals surface area contributed by atoms with Gasteiger partial charge in [0.1, 0.15) is 0 Å². The predicted molar refractivity (Wildman–Crippen MR) is 61.0 cm³/mol. The standard InChI is InChI=1S/C12H21NO3/c1-8-6-7-10(9(8)2)13-11(14)4-3-5-12(15)16/h8-10H,3-7H2,1-2H3,(H,13,14)(H,15,16). The number of amides is 1. The molecule has 92 valence electrons. The fraction of sp³-hybridized carbons (Fsp3) is 0.833. The monoisotopic (exact) mass is 227 g/mol. The number of hydrogen-bond donors (Lipinski definition) is 2. The van der Waals surface area contributed by atoms with Crippen LogP contribution >= 0.6 is 0 Å². The maximum absolute atomic E-state index is 11.5. The maximum atomic E-state index is 11.5. The van der Waals surface area contributed by atoms with Gasteiger partial charge in [0.2, 0.25) is 5.91 Å². The van der Waals surface area contributed by atoms with Gasteiger partial charge >= 0.3 is 5.97 Å². The topological polar surface area (TPSA) is 66.4 Å². The number of carbonyl (C=O) groups excluding carboxylic acids is 1. The molecule has 0 aliphatic heterocycles. The zero-order valence-electron chi connectivity index (χ0n) is 10.0. The van der Waals surface area contributed by atoms with Gasteiger partial charge in [-0.3, -0.25) is 9.59 Å². The van der Waals surface area contributed by atoms with Gasteiger partial charge in [0.25, 0.3) is 0 Å². The summed E-state index contributed by atoms with van der Waals surface area (Å²) >= 11 is 0. The van der Waals surface area contributed by atoms with Crippen LogP contribution in [0.4, 0.5) is 0 Å². The van der Waals surface area contributed by atoms with Crippen molar-refractivity contribution in [1.82, 2.24) is 5.32 Å². The molecule has 1 saturated carbocycles. The van der Waals surface area contributed by atoms with Crippen molar-refractivity contribution in [3.63, 3.8) is 0 Å². The summed E-state index contributed by atoms with van der Waals surface area (Å²) in [7, 11) is 0. The van der Waals surface area contributed by atoms with Crippen molar-refractivity contribution >= 4 is 11.9 Å². The van der Waals surface area contributed by atoms with Gasteiger partial charge in [-0.15, -0.1) is 0 Å². The minimum absolute atomic E-state index is 0.00722. The molecule has 3 unspecified atom stereocenters. The molecule has 0 aromatic heterocycles. The Morgan fingerprint density at radius 2 is 1.94 bits per heavy atom. The molecule has 4 nitrogen and oxygen atoms in total. The average molecular weight is 227 g/mol. The Bertz CT molecular complexity index is 265. The fourth-order valence-corrected chi connectivity index (χ4v) is 2.25. The average Bonchev–Trinajstić information content (AvgIpc) is 2.49. The summed E-state index contributed by atoms with van der Waals surface area (Å²) < 4.78 is 0. The lowest BCUT2D eigenvalue weighted by atomic mass is 9.98. The highest BCUT2D eigenvalue weighted by Crippen LogP contribution is 2.31. The van der Waals surface area contributed by atoms with Gasteiger partial charge in [-0.25, -0.2) is 0 Å². The van der Waals surface area contributed by atoms with Crippen molar-refractivity contribution < 1.29 is 14.7 Å². The second-order valence-corrected chi connectivity index (χ2v) is 4.84. The molecule has 4 heteroatoms. The second-order valence-electron chi connectivity index (χ2n) is 4.84. The number of aliphatic carboxylic acids is 1. The molecular weight excluding hydrogens is 206 g/mol. The summed E-state index contributed by atoms with van der Waals surface area (Å²) in [5.41, 5.74) is 0. The molecule has 0 saturated heterocycles. The molecule has 1 rings (SSSR count). The van der Waals surface area contributed by atoms with Crippen LogP contribution in [-0.4, -0.2) is 23.0 Å². The zero-order valence-corrected chi connectivity index (χ0v) is 10.0.